The van der Waals surface area contributed by atoms with Gasteiger partial charge in [-0.3, -0.25) is 9.59 Å². The van der Waals surface area contributed by atoms with Gasteiger partial charge in [-0.25, -0.2) is 13.1 Å². The van der Waals surface area contributed by atoms with Crippen LogP contribution in [0.15, 0.2) is 72.1 Å². The number of halogens is 1. The van der Waals surface area contributed by atoms with Crippen LogP contribution in [0.5, 0.6) is 5.75 Å². The van der Waals surface area contributed by atoms with Gasteiger partial charge >= 0.3 is 0 Å². The molecule has 2 amide bonds. The van der Waals surface area contributed by atoms with Gasteiger partial charge in [0.15, 0.2) is 0 Å². The van der Waals surface area contributed by atoms with Crippen molar-refractivity contribution in [1.29, 1.82) is 0 Å². The van der Waals surface area contributed by atoms with E-state index >= 15 is 0 Å². The van der Waals surface area contributed by atoms with Crippen molar-refractivity contribution in [3.8, 4) is 5.75 Å². The minimum Gasteiger partial charge on any atom is -0.489 e. The zero-order chi connectivity index (χ0) is 23.5. The van der Waals surface area contributed by atoms with Crippen molar-refractivity contribution in [3.05, 3.63) is 72.8 Å². The predicted molar refractivity (Wildman–Crippen MR) is 130 cm³/mol. The topological polar surface area (TPSA) is 114 Å². The Morgan fingerprint density at radius 1 is 1.18 bits per heavy atom. The number of benzene rings is 2. The maximum atomic E-state index is 13.0. The quantitative estimate of drug-likeness (QED) is 0.450. The number of carbonyl (C=O) groups is 2. The molecule has 1 aliphatic heterocycles. The van der Waals surface area contributed by atoms with Crippen LogP contribution < -0.4 is 20.1 Å². The summed E-state index contributed by atoms with van der Waals surface area (Å²) >= 11 is 0. The third kappa shape index (κ3) is 5.60. The van der Waals surface area contributed by atoms with Gasteiger partial charge in [0.2, 0.25) is 5.91 Å². The molecule has 2 aromatic rings. The number of amides is 2. The molecule has 1 heterocycles. The van der Waals surface area contributed by atoms with Crippen molar-refractivity contribution in [3.63, 3.8) is 0 Å². The van der Waals surface area contributed by atoms with Crippen LogP contribution in [-0.4, -0.2) is 38.9 Å². The molecule has 0 unspecified atom stereocenters. The zero-order valence-electron chi connectivity index (χ0n) is 18.5. The third-order valence-electron chi connectivity index (χ3n) is 6.07. The lowest BCUT2D eigenvalue weighted by atomic mass is 10.1. The average molecular weight is 506 g/mol. The third-order valence-corrected chi connectivity index (χ3v) is 7.40. The highest BCUT2D eigenvalue weighted by molar-refractivity contribution is 7.90. The van der Waals surface area contributed by atoms with Gasteiger partial charge in [0.05, 0.1) is 10.8 Å². The Balaban J connectivity index is 0.00000324. The van der Waals surface area contributed by atoms with Crippen molar-refractivity contribution in [2.24, 2.45) is 11.8 Å². The van der Waals surface area contributed by atoms with Crippen molar-refractivity contribution in [2.75, 3.05) is 13.1 Å². The normalized spacial score (nSPS) is 23.3. The van der Waals surface area contributed by atoms with Gasteiger partial charge in [-0.2, -0.15) is 0 Å². The highest BCUT2D eigenvalue weighted by Crippen LogP contribution is 2.45. The Labute approximate surface area is 205 Å². The largest absolute Gasteiger partial charge is 0.489 e. The molecule has 2 aromatic carbocycles. The molecular formula is C24H28ClN3O5S. The van der Waals surface area contributed by atoms with Gasteiger partial charge < -0.3 is 15.4 Å². The second kappa shape index (κ2) is 10.6. The molecular weight excluding hydrogens is 478 g/mol. The van der Waals surface area contributed by atoms with Crippen LogP contribution in [-0.2, 0) is 26.2 Å². The smallest absolute Gasteiger partial charge is 0.264 e. The zero-order valence-corrected chi connectivity index (χ0v) is 20.2. The van der Waals surface area contributed by atoms with Gasteiger partial charge in [0.25, 0.3) is 15.9 Å². The van der Waals surface area contributed by atoms with Gasteiger partial charge in [-0.15, -0.1) is 19.0 Å². The van der Waals surface area contributed by atoms with Crippen LogP contribution >= 0.6 is 12.4 Å². The standard InChI is InChI=1S/C24H27N3O5S.ClH/c1-2-19-14-24(19,26-22(28)18-11-12-25-15-18)23(29)27-33(30,31)21-10-6-9-20(13-21)32-16-17-7-4-3-5-8-17;/h2-10,13,18-19,25H,1,11-12,14-16H2,(H,26,28)(H,27,29);1H/t18-,19+,24+;/m0./s1. The van der Waals surface area contributed by atoms with E-state index in [1.54, 1.807) is 18.2 Å². The summed E-state index contributed by atoms with van der Waals surface area (Å²) in [5.74, 6) is -1.22. The number of rotatable bonds is 9. The molecule has 0 spiro atoms. The van der Waals surface area contributed by atoms with Crippen molar-refractivity contribution >= 4 is 34.2 Å². The molecule has 0 radical (unpaired) electrons. The SMILES string of the molecule is C=C[C@@H]1C[C@]1(NC(=O)[C@H]1CCNC1)C(=O)NS(=O)(=O)c1cccc(OCc2ccccc2)c1.Cl. The molecule has 0 bridgehead atoms. The molecule has 34 heavy (non-hydrogen) atoms. The number of hydrogen-bond acceptors (Lipinski definition) is 6. The van der Waals surface area contributed by atoms with Gasteiger partial charge in [-0.1, -0.05) is 42.5 Å². The second-order valence-corrected chi connectivity index (χ2v) is 10.1. The predicted octanol–water partition coefficient (Wildman–Crippen LogP) is 2.16. The lowest BCUT2D eigenvalue weighted by molar-refractivity contribution is -0.131. The fourth-order valence-electron chi connectivity index (χ4n) is 3.98. The summed E-state index contributed by atoms with van der Waals surface area (Å²) in [7, 11) is -4.17. The van der Waals surface area contributed by atoms with Crippen LogP contribution in [0.3, 0.4) is 0 Å². The van der Waals surface area contributed by atoms with Crippen LogP contribution in [0.1, 0.15) is 18.4 Å². The fourth-order valence-corrected chi connectivity index (χ4v) is 5.05. The summed E-state index contributed by atoms with van der Waals surface area (Å²) in [5.41, 5.74) is -0.353. The highest BCUT2D eigenvalue weighted by atomic mass is 35.5. The van der Waals surface area contributed by atoms with Gasteiger partial charge in [0, 0.05) is 18.5 Å². The molecule has 1 aliphatic carbocycles. The number of carbonyl (C=O) groups excluding carboxylic acids is 2. The monoisotopic (exact) mass is 505 g/mol. The first-order valence-corrected chi connectivity index (χ1v) is 12.3. The van der Waals surface area contributed by atoms with E-state index in [1.165, 1.54) is 12.1 Å². The maximum absolute atomic E-state index is 13.0. The van der Waals surface area contributed by atoms with E-state index in [0.717, 1.165) is 12.1 Å². The molecule has 10 heteroatoms. The molecule has 1 saturated carbocycles. The van der Waals surface area contributed by atoms with E-state index < -0.39 is 21.5 Å². The molecule has 3 atom stereocenters. The Hall–Kier alpha value is -2.88. The fraction of sp³-hybridized carbons (Fsp3) is 0.333. The minimum absolute atomic E-state index is 0. The van der Waals surface area contributed by atoms with E-state index in [0.29, 0.717) is 25.1 Å². The summed E-state index contributed by atoms with van der Waals surface area (Å²) in [5, 5.41) is 5.89. The first kappa shape index (κ1) is 25.7. The van der Waals surface area contributed by atoms with Crippen LogP contribution in [0.2, 0.25) is 0 Å². The average Bonchev–Trinajstić information content (AvgIpc) is 3.25. The molecule has 8 nitrogen and oxygen atoms in total. The summed E-state index contributed by atoms with van der Waals surface area (Å²) in [6.07, 6.45) is 2.55. The molecule has 182 valence electrons. The van der Waals surface area contributed by atoms with Crippen LogP contribution in [0, 0.1) is 11.8 Å². The Bertz CT molecular complexity index is 1150. The Morgan fingerprint density at radius 3 is 2.59 bits per heavy atom. The Kier molecular flexibility index (Phi) is 8.01. The number of nitrogens with one attached hydrogen (secondary N) is 3. The summed E-state index contributed by atoms with van der Waals surface area (Å²) in [6, 6.07) is 15.4. The first-order valence-electron chi connectivity index (χ1n) is 10.8. The van der Waals surface area contributed by atoms with E-state index in [9.17, 15) is 18.0 Å². The molecule has 0 aromatic heterocycles. The highest BCUT2D eigenvalue weighted by Gasteiger charge is 2.60. The number of hydrogen-bond donors (Lipinski definition) is 3. The maximum Gasteiger partial charge on any atom is 0.264 e. The van der Waals surface area contributed by atoms with Crippen LogP contribution in [0.4, 0.5) is 0 Å². The summed E-state index contributed by atoms with van der Waals surface area (Å²) in [4.78, 5) is 25.5. The summed E-state index contributed by atoms with van der Waals surface area (Å²) < 4.78 is 33.7. The Morgan fingerprint density at radius 2 is 1.94 bits per heavy atom. The second-order valence-electron chi connectivity index (χ2n) is 8.38. The van der Waals surface area contributed by atoms with Crippen molar-refractivity contribution in [2.45, 2.75) is 29.9 Å². The molecule has 1 saturated heterocycles. The van der Waals surface area contributed by atoms with E-state index in [2.05, 4.69) is 21.9 Å². The lowest BCUT2D eigenvalue weighted by Gasteiger charge is -2.20. The molecule has 2 aliphatic rings. The molecule has 3 N–H and O–H groups in total. The molecule has 4 rings (SSSR count). The minimum atomic E-state index is -4.17. The number of sulfonamides is 1. The summed E-state index contributed by atoms with van der Waals surface area (Å²) in [6.45, 7) is 5.26. The molecule has 2 fully saturated rings. The van der Waals surface area contributed by atoms with Crippen molar-refractivity contribution < 1.29 is 22.7 Å². The van der Waals surface area contributed by atoms with Gasteiger partial charge in [-0.05, 0) is 37.1 Å². The van der Waals surface area contributed by atoms with E-state index in [4.69, 9.17) is 4.74 Å². The van der Waals surface area contributed by atoms with E-state index in [1.807, 2.05) is 30.3 Å². The van der Waals surface area contributed by atoms with Crippen LogP contribution in [0.25, 0.3) is 0 Å². The first-order chi connectivity index (χ1) is 15.8. The lowest BCUT2D eigenvalue weighted by Crippen LogP contribution is -2.53. The van der Waals surface area contributed by atoms with Gasteiger partial charge in [0.1, 0.15) is 17.9 Å². The van der Waals surface area contributed by atoms with Crippen molar-refractivity contribution in [1.82, 2.24) is 15.4 Å². The number of ether oxygens (including phenoxy) is 1. The van der Waals surface area contributed by atoms with E-state index in [-0.39, 0.29) is 41.7 Å².